The van der Waals surface area contributed by atoms with E-state index in [0.29, 0.717) is 5.88 Å². The van der Waals surface area contributed by atoms with Gasteiger partial charge in [-0.3, -0.25) is 0 Å². The molecule has 0 saturated carbocycles. The lowest BCUT2D eigenvalue weighted by molar-refractivity contribution is 0.409. The quantitative estimate of drug-likeness (QED) is 0.909. The number of hydrogen-bond acceptors (Lipinski definition) is 3. The SMILES string of the molecule is Cc1cccc(Oc2ncccc2CNC(C)(C)C)c1. The second kappa shape index (κ2) is 6.06. The van der Waals surface area contributed by atoms with Gasteiger partial charge in [-0.05, 0) is 51.5 Å². The van der Waals surface area contributed by atoms with Crippen molar-refractivity contribution in [2.75, 3.05) is 0 Å². The lowest BCUT2D eigenvalue weighted by atomic mass is 10.1. The number of rotatable bonds is 4. The van der Waals surface area contributed by atoms with Crippen molar-refractivity contribution < 1.29 is 4.74 Å². The third-order valence-electron chi connectivity index (χ3n) is 2.86. The van der Waals surface area contributed by atoms with E-state index in [1.165, 1.54) is 5.56 Å². The average Bonchev–Trinajstić information content (AvgIpc) is 2.37. The van der Waals surface area contributed by atoms with E-state index in [-0.39, 0.29) is 5.54 Å². The fraction of sp³-hybridized carbons (Fsp3) is 0.353. The van der Waals surface area contributed by atoms with Crippen LogP contribution in [0, 0.1) is 6.92 Å². The molecule has 20 heavy (non-hydrogen) atoms. The van der Waals surface area contributed by atoms with Crippen LogP contribution in [0.4, 0.5) is 0 Å². The second-order valence-electron chi connectivity index (χ2n) is 5.99. The molecule has 0 aliphatic heterocycles. The predicted octanol–water partition coefficient (Wildman–Crippen LogP) is 4.07. The molecule has 0 aliphatic carbocycles. The minimum atomic E-state index is 0.0659. The van der Waals surface area contributed by atoms with Gasteiger partial charge in [-0.25, -0.2) is 4.98 Å². The molecule has 0 saturated heterocycles. The second-order valence-corrected chi connectivity index (χ2v) is 5.99. The van der Waals surface area contributed by atoms with Gasteiger partial charge in [0.1, 0.15) is 5.75 Å². The monoisotopic (exact) mass is 270 g/mol. The first-order valence-electron chi connectivity index (χ1n) is 6.87. The van der Waals surface area contributed by atoms with Gasteiger partial charge in [0.15, 0.2) is 0 Å². The Morgan fingerprint density at radius 3 is 2.65 bits per heavy atom. The van der Waals surface area contributed by atoms with Gasteiger partial charge in [0.25, 0.3) is 0 Å². The van der Waals surface area contributed by atoms with Gasteiger partial charge >= 0.3 is 0 Å². The molecule has 0 fully saturated rings. The normalized spacial score (nSPS) is 11.4. The highest BCUT2D eigenvalue weighted by Crippen LogP contribution is 2.23. The van der Waals surface area contributed by atoms with E-state index in [9.17, 15) is 0 Å². The van der Waals surface area contributed by atoms with Crippen molar-refractivity contribution in [2.45, 2.75) is 39.8 Å². The van der Waals surface area contributed by atoms with Crippen LogP contribution in [0.5, 0.6) is 11.6 Å². The Balaban J connectivity index is 2.15. The molecule has 106 valence electrons. The first-order chi connectivity index (χ1) is 9.44. The molecular formula is C17H22N2O. The summed E-state index contributed by atoms with van der Waals surface area (Å²) in [5, 5.41) is 3.46. The van der Waals surface area contributed by atoms with Gasteiger partial charge in [0.2, 0.25) is 5.88 Å². The summed E-state index contributed by atoms with van der Waals surface area (Å²) >= 11 is 0. The van der Waals surface area contributed by atoms with Crippen LogP contribution in [0.3, 0.4) is 0 Å². The van der Waals surface area contributed by atoms with E-state index in [1.807, 2.05) is 43.3 Å². The highest BCUT2D eigenvalue weighted by molar-refractivity contribution is 5.34. The molecule has 1 N–H and O–H groups in total. The van der Waals surface area contributed by atoms with Crippen LogP contribution in [0.1, 0.15) is 31.9 Å². The van der Waals surface area contributed by atoms with Crippen LogP contribution in [-0.4, -0.2) is 10.5 Å². The molecule has 3 nitrogen and oxygen atoms in total. The van der Waals surface area contributed by atoms with Gasteiger partial charge in [-0.15, -0.1) is 0 Å². The number of nitrogens with one attached hydrogen (secondary N) is 1. The Labute approximate surface area is 121 Å². The smallest absolute Gasteiger partial charge is 0.223 e. The van der Waals surface area contributed by atoms with Gasteiger partial charge < -0.3 is 10.1 Å². The zero-order valence-electron chi connectivity index (χ0n) is 12.6. The molecule has 1 aromatic carbocycles. The summed E-state index contributed by atoms with van der Waals surface area (Å²) in [7, 11) is 0. The third kappa shape index (κ3) is 4.35. The van der Waals surface area contributed by atoms with Crippen molar-refractivity contribution in [1.82, 2.24) is 10.3 Å². The summed E-state index contributed by atoms with van der Waals surface area (Å²) in [5.74, 6) is 1.48. The molecule has 0 unspecified atom stereocenters. The number of pyridine rings is 1. The summed E-state index contributed by atoms with van der Waals surface area (Å²) in [6.45, 7) is 9.21. The van der Waals surface area contributed by atoms with Crippen molar-refractivity contribution in [3.05, 3.63) is 53.7 Å². The lowest BCUT2D eigenvalue weighted by Gasteiger charge is -2.21. The Kier molecular flexibility index (Phi) is 4.40. The van der Waals surface area contributed by atoms with E-state index in [4.69, 9.17) is 4.74 Å². The Bertz CT molecular complexity index is 573. The van der Waals surface area contributed by atoms with E-state index >= 15 is 0 Å². The van der Waals surface area contributed by atoms with Crippen molar-refractivity contribution in [3.8, 4) is 11.6 Å². The highest BCUT2D eigenvalue weighted by Gasteiger charge is 2.12. The fourth-order valence-corrected chi connectivity index (χ4v) is 1.80. The van der Waals surface area contributed by atoms with E-state index in [0.717, 1.165) is 17.9 Å². The molecule has 1 heterocycles. The highest BCUT2D eigenvalue weighted by atomic mass is 16.5. The Morgan fingerprint density at radius 2 is 1.95 bits per heavy atom. The summed E-state index contributed by atoms with van der Waals surface area (Å²) in [5.41, 5.74) is 2.30. The van der Waals surface area contributed by atoms with E-state index < -0.39 is 0 Å². The summed E-state index contributed by atoms with van der Waals surface area (Å²) in [4.78, 5) is 4.34. The molecule has 0 aliphatic rings. The molecule has 0 bridgehead atoms. The average molecular weight is 270 g/mol. The first kappa shape index (κ1) is 14.5. The third-order valence-corrected chi connectivity index (χ3v) is 2.86. The number of hydrogen-bond donors (Lipinski definition) is 1. The maximum Gasteiger partial charge on any atom is 0.223 e. The molecule has 0 radical (unpaired) electrons. The summed E-state index contributed by atoms with van der Waals surface area (Å²) in [6, 6.07) is 12.0. The standard InChI is InChI=1S/C17H22N2O/c1-13-7-5-9-15(11-13)20-16-14(8-6-10-18-16)12-19-17(2,3)4/h5-11,19H,12H2,1-4H3. The van der Waals surface area contributed by atoms with E-state index in [2.05, 4.69) is 31.1 Å². The summed E-state index contributed by atoms with van der Waals surface area (Å²) < 4.78 is 5.90. The van der Waals surface area contributed by atoms with Gasteiger partial charge in [-0.1, -0.05) is 18.2 Å². The number of aromatic nitrogens is 1. The number of benzene rings is 1. The molecule has 2 rings (SSSR count). The van der Waals surface area contributed by atoms with Crippen molar-refractivity contribution in [2.24, 2.45) is 0 Å². The molecule has 1 aromatic heterocycles. The van der Waals surface area contributed by atoms with Crippen LogP contribution >= 0.6 is 0 Å². The molecule has 0 amide bonds. The van der Waals surface area contributed by atoms with Gasteiger partial charge in [-0.2, -0.15) is 0 Å². The molecule has 0 atom stereocenters. The Hall–Kier alpha value is -1.87. The zero-order valence-corrected chi connectivity index (χ0v) is 12.6. The van der Waals surface area contributed by atoms with Gasteiger partial charge in [0, 0.05) is 23.8 Å². The first-order valence-corrected chi connectivity index (χ1v) is 6.87. The predicted molar refractivity (Wildman–Crippen MR) is 82.1 cm³/mol. The van der Waals surface area contributed by atoms with Crippen LogP contribution in [0.25, 0.3) is 0 Å². The fourth-order valence-electron chi connectivity index (χ4n) is 1.80. The molecular weight excluding hydrogens is 248 g/mol. The maximum absolute atomic E-state index is 5.90. The van der Waals surface area contributed by atoms with Crippen molar-refractivity contribution in [3.63, 3.8) is 0 Å². The number of aryl methyl sites for hydroxylation is 1. The van der Waals surface area contributed by atoms with E-state index in [1.54, 1.807) is 6.20 Å². The Morgan fingerprint density at radius 1 is 1.15 bits per heavy atom. The molecule has 0 spiro atoms. The van der Waals surface area contributed by atoms with Crippen LogP contribution in [0.2, 0.25) is 0 Å². The maximum atomic E-state index is 5.90. The van der Waals surface area contributed by atoms with Crippen LogP contribution in [-0.2, 0) is 6.54 Å². The minimum Gasteiger partial charge on any atom is -0.439 e. The van der Waals surface area contributed by atoms with Crippen molar-refractivity contribution >= 4 is 0 Å². The molecule has 3 heteroatoms. The van der Waals surface area contributed by atoms with Crippen LogP contribution in [0.15, 0.2) is 42.6 Å². The summed E-state index contributed by atoms with van der Waals surface area (Å²) in [6.07, 6.45) is 1.76. The van der Waals surface area contributed by atoms with Crippen molar-refractivity contribution in [1.29, 1.82) is 0 Å². The van der Waals surface area contributed by atoms with Crippen LogP contribution < -0.4 is 10.1 Å². The largest absolute Gasteiger partial charge is 0.439 e. The number of ether oxygens (including phenoxy) is 1. The minimum absolute atomic E-state index is 0.0659. The lowest BCUT2D eigenvalue weighted by Crippen LogP contribution is -2.35. The molecule has 2 aromatic rings. The zero-order chi connectivity index (χ0) is 14.6. The van der Waals surface area contributed by atoms with Gasteiger partial charge in [0.05, 0.1) is 0 Å². The topological polar surface area (TPSA) is 34.1 Å². The number of nitrogens with zero attached hydrogens (tertiary/aromatic N) is 1.